The van der Waals surface area contributed by atoms with Crippen LogP contribution in [-0.2, 0) is 0 Å². The van der Waals surface area contributed by atoms with Gasteiger partial charge in [0.1, 0.15) is 0 Å². The molecule has 0 amide bonds. The summed E-state index contributed by atoms with van der Waals surface area (Å²) < 4.78 is 0. The highest BCUT2D eigenvalue weighted by atomic mass is 32.1. The van der Waals surface area contributed by atoms with Crippen molar-refractivity contribution in [2.75, 3.05) is 0 Å². The monoisotopic (exact) mass is 330 g/mol. The molecule has 21 heavy (non-hydrogen) atoms. The highest BCUT2D eigenvalue weighted by Crippen LogP contribution is 2.42. The van der Waals surface area contributed by atoms with Gasteiger partial charge in [-0.2, -0.15) is 0 Å². The molecule has 0 spiro atoms. The van der Waals surface area contributed by atoms with Gasteiger partial charge in [-0.15, -0.1) is 34.0 Å². The van der Waals surface area contributed by atoms with E-state index >= 15 is 0 Å². The number of hydrogen-bond donors (Lipinski definition) is 0. The van der Waals surface area contributed by atoms with E-state index in [4.69, 9.17) is 0 Å². The van der Waals surface area contributed by atoms with E-state index in [-0.39, 0.29) is 0 Å². The lowest BCUT2D eigenvalue weighted by Gasteiger charge is -2.19. The largest absolute Gasteiger partial charge is 0.143 e. The first-order chi connectivity index (χ1) is 10.4. The molecule has 0 unspecified atom stereocenters. The normalized spacial score (nSPS) is 16.4. The fraction of sp³-hybridized carbons (Fsp3) is 0.333. The molecular weight excluding hydrogens is 312 g/mol. The first kappa shape index (κ1) is 13.7. The molecule has 4 rings (SSSR count). The van der Waals surface area contributed by atoms with E-state index in [1.807, 2.05) is 34.0 Å². The minimum absolute atomic E-state index is 0.828. The van der Waals surface area contributed by atoms with Crippen molar-refractivity contribution in [1.82, 2.24) is 0 Å². The van der Waals surface area contributed by atoms with Crippen LogP contribution in [0.3, 0.4) is 0 Å². The van der Waals surface area contributed by atoms with Crippen molar-refractivity contribution in [2.24, 2.45) is 0 Å². The van der Waals surface area contributed by atoms with Crippen LogP contribution in [-0.4, -0.2) is 0 Å². The minimum atomic E-state index is 0.828. The summed E-state index contributed by atoms with van der Waals surface area (Å²) in [7, 11) is 0. The highest BCUT2D eigenvalue weighted by molar-refractivity contribution is 7.26. The molecule has 0 nitrogen and oxygen atoms in total. The van der Waals surface area contributed by atoms with E-state index in [9.17, 15) is 0 Å². The summed E-state index contributed by atoms with van der Waals surface area (Å²) in [6, 6.07) is 13.6. The third kappa shape index (κ3) is 2.87. The van der Waals surface area contributed by atoms with Crippen molar-refractivity contribution in [3.8, 4) is 19.5 Å². The molecule has 0 aromatic carbocycles. The molecule has 108 valence electrons. The fourth-order valence-corrected chi connectivity index (χ4v) is 6.22. The Morgan fingerprint density at radius 3 is 2.19 bits per heavy atom. The van der Waals surface area contributed by atoms with E-state index in [0.29, 0.717) is 0 Å². The van der Waals surface area contributed by atoms with Gasteiger partial charge >= 0.3 is 0 Å². The predicted molar refractivity (Wildman–Crippen MR) is 96.8 cm³/mol. The van der Waals surface area contributed by atoms with Crippen LogP contribution < -0.4 is 0 Å². The Balaban J connectivity index is 1.58. The van der Waals surface area contributed by atoms with Crippen molar-refractivity contribution in [3.05, 3.63) is 46.7 Å². The van der Waals surface area contributed by atoms with Crippen LogP contribution in [0.5, 0.6) is 0 Å². The third-order valence-electron chi connectivity index (χ3n) is 4.25. The summed E-state index contributed by atoms with van der Waals surface area (Å²) >= 11 is 5.77. The highest BCUT2D eigenvalue weighted by Gasteiger charge is 2.18. The van der Waals surface area contributed by atoms with E-state index in [1.54, 1.807) is 4.88 Å². The Bertz CT molecular complexity index is 696. The molecule has 3 aromatic rings. The second kappa shape index (κ2) is 6.07. The Morgan fingerprint density at radius 2 is 1.43 bits per heavy atom. The summed E-state index contributed by atoms with van der Waals surface area (Å²) in [4.78, 5) is 7.26. The summed E-state index contributed by atoms with van der Waals surface area (Å²) in [6.45, 7) is 0. The van der Waals surface area contributed by atoms with Gasteiger partial charge in [0.15, 0.2) is 0 Å². The average Bonchev–Trinajstić information content (AvgIpc) is 3.27. The lowest BCUT2D eigenvalue weighted by molar-refractivity contribution is 0.448. The van der Waals surface area contributed by atoms with Crippen LogP contribution in [0.25, 0.3) is 19.5 Å². The predicted octanol–water partition coefficient (Wildman–Crippen LogP) is 7.25. The van der Waals surface area contributed by atoms with Crippen molar-refractivity contribution < 1.29 is 0 Å². The first-order valence-corrected chi connectivity index (χ1v) is 10.2. The maximum Gasteiger partial charge on any atom is 0.0449 e. The second-order valence-electron chi connectivity index (χ2n) is 5.68. The smallest absolute Gasteiger partial charge is 0.0449 e. The lowest BCUT2D eigenvalue weighted by atomic mass is 9.88. The summed E-state index contributed by atoms with van der Waals surface area (Å²) in [5.41, 5.74) is 0. The van der Waals surface area contributed by atoms with Gasteiger partial charge in [-0.1, -0.05) is 25.3 Å². The van der Waals surface area contributed by atoms with E-state index < -0.39 is 0 Å². The standard InChI is InChI=1S/C18H18S3/c1-2-5-13(6-3-1)14-8-9-17(20-14)18-11-10-16(21-18)15-7-4-12-19-15/h4,7-13H,1-3,5-6H2. The van der Waals surface area contributed by atoms with Crippen LogP contribution in [0.2, 0.25) is 0 Å². The van der Waals surface area contributed by atoms with Gasteiger partial charge in [-0.25, -0.2) is 0 Å². The quantitative estimate of drug-likeness (QED) is 0.474. The molecule has 0 bridgehead atoms. The molecule has 0 saturated heterocycles. The van der Waals surface area contributed by atoms with E-state index in [0.717, 1.165) is 5.92 Å². The summed E-state index contributed by atoms with van der Waals surface area (Å²) in [6.07, 6.45) is 7.05. The summed E-state index contributed by atoms with van der Waals surface area (Å²) in [5, 5.41) is 2.15. The minimum Gasteiger partial charge on any atom is -0.143 e. The van der Waals surface area contributed by atoms with Gasteiger partial charge in [-0.3, -0.25) is 0 Å². The molecule has 3 heterocycles. The topological polar surface area (TPSA) is 0 Å². The van der Waals surface area contributed by atoms with Crippen LogP contribution in [0.15, 0.2) is 41.8 Å². The zero-order valence-electron chi connectivity index (χ0n) is 11.9. The van der Waals surface area contributed by atoms with Crippen LogP contribution in [0.4, 0.5) is 0 Å². The van der Waals surface area contributed by atoms with Crippen LogP contribution in [0.1, 0.15) is 42.9 Å². The second-order valence-corrected chi connectivity index (χ2v) is 8.82. The van der Waals surface area contributed by atoms with Crippen molar-refractivity contribution >= 4 is 34.0 Å². The molecule has 0 atom stereocenters. The van der Waals surface area contributed by atoms with Gasteiger partial charge in [0, 0.05) is 24.4 Å². The zero-order valence-corrected chi connectivity index (χ0v) is 14.3. The third-order valence-corrected chi connectivity index (χ3v) is 7.84. The van der Waals surface area contributed by atoms with Gasteiger partial charge in [-0.05, 0) is 54.5 Å². The molecule has 1 fully saturated rings. The Kier molecular flexibility index (Phi) is 3.97. The fourth-order valence-electron chi connectivity index (χ4n) is 3.11. The molecule has 3 heteroatoms. The molecule has 1 aliphatic carbocycles. The average molecular weight is 331 g/mol. The first-order valence-electron chi connectivity index (χ1n) is 7.64. The van der Waals surface area contributed by atoms with Gasteiger partial charge in [0.05, 0.1) is 0 Å². The van der Waals surface area contributed by atoms with Gasteiger partial charge < -0.3 is 0 Å². The molecule has 0 N–H and O–H groups in total. The number of hydrogen-bond acceptors (Lipinski definition) is 3. The van der Waals surface area contributed by atoms with Crippen molar-refractivity contribution in [1.29, 1.82) is 0 Å². The zero-order chi connectivity index (χ0) is 14.1. The van der Waals surface area contributed by atoms with Crippen LogP contribution in [0, 0.1) is 0 Å². The van der Waals surface area contributed by atoms with E-state index in [1.165, 1.54) is 51.6 Å². The van der Waals surface area contributed by atoms with E-state index in [2.05, 4.69) is 41.8 Å². The number of thiophene rings is 3. The molecule has 1 aliphatic rings. The van der Waals surface area contributed by atoms with Crippen molar-refractivity contribution in [2.45, 2.75) is 38.0 Å². The van der Waals surface area contributed by atoms with Gasteiger partial charge in [0.2, 0.25) is 0 Å². The Labute approximate surface area is 138 Å². The Morgan fingerprint density at radius 1 is 0.714 bits per heavy atom. The summed E-state index contributed by atoms with van der Waals surface area (Å²) in [5.74, 6) is 0.828. The molecule has 0 aliphatic heterocycles. The molecule has 1 saturated carbocycles. The molecular formula is C18H18S3. The molecule has 3 aromatic heterocycles. The van der Waals surface area contributed by atoms with Gasteiger partial charge in [0.25, 0.3) is 0 Å². The van der Waals surface area contributed by atoms with Crippen LogP contribution >= 0.6 is 34.0 Å². The Hall–Kier alpha value is -0.900. The maximum absolute atomic E-state index is 2.38. The van der Waals surface area contributed by atoms with Crippen molar-refractivity contribution in [3.63, 3.8) is 0 Å². The molecule has 0 radical (unpaired) electrons. The number of rotatable bonds is 3. The maximum atomic E-state index is 2.38. The SMILES string of the molecule is c1csc(-c2ccc(-c3ccc(C4CCCCC4)s3)s2)c1. The lowest BCUT2D eigenvalue weighted by Crippen LogP contribution is -2.01.